The van der Waals surface area contributed by atoms with Gasteiger partial charge in [0.05, 0.1) is 13.2 Å². The zero-order valence-electron chi connectivity index (χ0n) is 15.0. The lowest BCUT2D eigenvalue weighted by molar-refractivity contribution is 0.0966. The average molecular weight is 344 g/mol. The van der Waals surface area contributed by atoms with Crippen LogP contribution in [0.3, 0.4) is 0 Å². The summed E-state index contributed by atoms with van der Waals surface area (Å²) in [5.74, 6) is 7.15. The zero-order valence-corrected chi connectivity index (χ0v) is 15.0. The average Bonchev–Trinajstić information content (AvgIpc) is 2.68. The van der Waals surface area contributed by atoms with Crippen molar-refractivity contribution in [2.24, 2.45) is 0 Å². The third-order valence-electron chi connectivity index (χ3n) is 4.68. The minimum atomic E-state index is 0.0888. The molecule has 0 fully saturated rings. The van der Waals surface area contributed by atoms with Crippen molar-refractivity contribution in [1.82, 2.24) is 0 Å². The monoisotopic (exact) mass is 344 g/mol. The molecule has 1 atom stereocenters. The Morgan fingerprint density at radius 2 is 1.85 bits per heavy atom. The van der Waals surface area contributed by atoms with Crippen molar-refractivity contribution < 1.29 is 9.53 Å². The van der Waals surface area contributed by atoms with Crippen molar-refractivity contribution >= 4 is 11.5 Å². The molecule has 0 amide bonds. The molecule has 4 nitrogen and oxygen atoms in total. The SMILES string of the molecule is COc1ccc(C#Cc2ccc3c(c2)C(=O)CC(CCC#N)N3C)cc1. The number of methoxy groups -OCH3 is 1. The van der Waals surface area contributed by atoms with Crippen LogP contribution in [0.5, 0.6) is 5.75 Å². The van der Waals surface area contributed by atoms with E-state index in [0.29, 0.717) is 24.8 Å². The van der Waals surface area contributed by atoms with E-state index >= 15 is 0 Å². The van der Waals surface area contributed by atoms with E-state index in [4.69, 9.17) is 10.00 Å². The summed E-state index contributed by atoms with van der Waals surface area (Å²) in [5.41, 5.74) is 3.33. The van der Waals surface area contributed by atoms with E-state index in [9.17, 15) is 4.79 Å². The number of ether oxygens (including phenoxy) is 1. The zero-order chi connectivity index (χ0) is 18.5. The molecule has 1 aliphatic heterocycles. The van der Waals surface area contributed by atoms with Gasteiger partial charge in [-0.2, -0.15) is 5.26 Å². The highest BCUT2D eigenvalue weighted by Gasteiger charge is 2.28. The van der Waals surface area contributed by atoms with E-state index in [1.54, 1.807) is 7.11 Å². The summed E-state index contributed by atoms with van der Waals surface area (Å²) in [4.78, 5) is 14.6. The Bertz CT molecular complexity index is 914. The Kier molecular flexibility index (Phi) is 5.25. The first-order valence-electron chi connectivity index (χ1n) is 8.55. The summed E-state index contributed by atoms with van der Waals surface area (Å²) >= 11 is 0. The molecule has 130 valence electrons. The van der Waals surface area contributed by atoms with Crippen LogP contribution in [0.15, 0.2) is 42.5 Å². The number of nitriles is 1. The lowest BCUT2D eigenvalue weighted by Crippen LogP contribution is -2.38. The van der Waals surface area contributed by atoms with Gasteiger partial charge in [-0.15, -0.1) is 0 Å². The Labute approximate surface area is 154 Å². The molecule has 3 rings (SSSR count). The Morgan fingerprint density at radius 1 is 1.15 bits per heavy atom. The van der Waals surface area contributed by atoms with Crippen LogP contribution in [0.25, 0.3) is 0 Å². The van der Waals surface area contributed by atoms with Gasteiger partial charge in [-0.3, -0.25) is 4.79 Å². The van der Waals surface area contributed by atoms with Crippen molar-refractivity contribution in [2.75, 3.05) is 19.1 Å². The molecule has 0 aliphatic carbocycles. The molecule has 0 saturated carbocycles. The fourth-order valence-corrected chi connectivity index (χ4v) is 3.15. The maximum atomic E-state index is 12.5. The van der Waals surface area contributed by atoms with Crippen LogP contribution in [0.4, 0.5) is 5.69 Å². The van der Waals surface area contributed by atoms with Gasteiger partial charge in [0.15, 0.2) is 5.78 Å². The van der Waals surface area contributed by atoms with E-state index < -0.39 is 0 Å². The third-order valence-corrected chi connectivity index (χ3v) is 4.68. The van der Waals surface area contributed by atoms with E-state index in [1.807, 2.05) is 49.5 Å². The molecule has 0 saturated heterocycles. The van der Waals surface area contributed by atoms with Crippen LogP contribution in [0.1, 0.15) is 40.7 Å². The van der Waals surface area contributed by atoms with Crippen LogP contribution in [0.2, 0.25) is 0 Å². The molecular formula is C22H20N2O2. The molecule has 4 heteroatoms. The van der Waals surface area contributed by atoms with E-state index in [0.717, 1.165) is 22.6 Å². The lowest BCUT2D eigenvalue weighted by atomic mass is 9.91. The molecule has 0 bridgehead atoms. The van der Waals surface area contributed by atoms with Crippen LogP contribution in [-0.2, 0) is 0 Å². The molecule has 2 aromatic carbocycles. The summed E-state index contributed by atoms with van der Waals surface area (Å²) in [6.07, 6.45) is 1.61. The van der Waals surface area contributed by atoms with E-state index in [1.165, 1.54) is 0 Å². The van der Waals surface area contributed by atoms with Crippen molar-refractivity contribution in [1.29, 1.82) is 5.26 Å². The molecule has 0 spiro atoms. The normalized spacial score (nSPS) is 15.5. The summed E-state index contributed by atoms with van der Waals surface area (Å²) in [6, 6.07) is 15.6. The van der Waals surface area contributed by atoms with Gasteiger partial charge in [0, 0.05) is 48.3 Å². The quantitative estimate of drug-likeness (QED) is 0.795. The van der Waals surface area contributed by atoms with Gasteiger partial charge in [0.25, 0.3) is 0 Å². The largest absolute Gasteiger partial charge is 0.497 e. The third kappa shape index (κ3) is 3.71. The number of ketones is 1. The van der Waals surface area contributed by atoms with Gasteiger partial charge in [0.2, 0.25) is 0 Å². The molecule has 0 radical (unpaired) electrons. The summed E-state index contributed by atoms with van der Waals surface area (Å²) < 4.78 is 5.14. The van der Waals surface area contributed by atoms with E-state index in [2.05, 4.69) is 22.8 Å². The second-order valence-electron chi connectivity index (χ2n) is 6.30. The number of benzene rings is 2. The molecular weight excluding hydrogens is 324 g/mol. The van der Waals surface area contributed by atoms with Gasteiger partial charge in [-0.05, 0) is 48.9 Å². The van der Waals surface area contributed by atoms with Crippen LogP contribution in [0, 0.1) is 23.2 Å². The second-order valence-corrected chi connectivity index (χ2v) is 6.30. The molecule has 2 aromatic rings. The Morgan fingerprint density at radius 3 is 2.54 bits per heavy atom. The molecule has 0 aromatic heterocycles. The number of hydrogen-bond donors (Lipinski definition) is 0. The maximum Gasteiger partial charge on any atom is 0.167 e. The van der Waals surface area contributed by atoms with Crippen molar-refractivity contribution in [3.8, 4) is 23.7 Å². The summed E-state index contributed by atoms with van der Waals surface area (Å²) in [7, 11) is 3.61. The van der Waals surface area contributed by atoms with Gasteiger partial charge in [0.1, 0.15) is 5.75 Å². The Hall–Kier alpha value is -3.24. The number of rotatable bonds is 3. The van der Waals surface area contributed by atoms with Gasteiger partial charge in [-0.1, -0.05) is 11.8 Å². The fraction of sp³-hybridized carbons (Fsp3) is 0.273. The van der Waals surface area contributed by atoms with E-state index in [-0.39, 0.29) is 11.8 Å². The number of nitrogens with zero attached hydrogens (tertiary/aromatic N) is 2. The number of Topliss-reactive ketones (excluding diaryl/α,β-unsaturated/α-hetero) is 1. The first-order valence-corrected chi connectivity index (χ1v) is 8.55. The molecule has 1 aliphatic rings. The summed E-state index contributed by atoms with van der Waals surface area (Å²) in [5, 5.41) is 8.79. The fourth-order valence-electron chi connectivity index (χ4n) is 3.15. The predicted octanol–water partition coefficient (Wildman–Crippen LogP) is 3.79. The molecule has 26 heavy (non-hydrogen) atoms. The summed E-state index contributed by atoms with van der Waals surface area (Å²) in [6.45, 7) is 0. The van der Waals surface area contributed by atoms with Crippen molar-refractivity contribution in [3.05, 3.63) is 59.2 Å². The number of hydrogen-bond acceptors (Lipinski definition) is 4. The van der Waals surface area contributed by atoms with Gasteiger partial charge in [-0.25, -0.2) is 0 Å². The highest BCUT2D eigenvalue weighted by atomic mass is 16.5. The number of carbonyl (C=O) groups is 1. The first-order chi connectivity index (χ1) is 12.6. The minimum absolute atomic E-state index is 0.0888. The van der Waals surface area contributed by atoms with Crippen LogP contribution >= 0.6 is 0 Å². The van der Waals surface area contributed by atoms with Gasteiger partial charge >= 0.3 is 0 Å². The maximum absolute atomic E-state index is 12.5. The molecule has 0 N–H and O–H groups in total. The van der Waals surface area contributed by atoms with Crippen molar-refractivity contribution in [2.45, 2.75) is 25.3 Å². The number of carbonyl (C=O) groups excluding carboxylic acids is 1. The lowest BCUT2D eigenvalue weighted by Gasteiger charge is -2.35. The van der Waals surface area contributed by atoms with Crippen molar-refractivity contribution in [3.63, 3.8) is 0 Å². The highest BCUT2D eigenvalue weighted by Crippen LogP contribution is 2.31. The number of anilines is 1. The standard InChI is InChI=1S/C22H20N2O2/c1-24-18(4-3-13-23)15-22(25)20-14-17(9-12-21(20)24)6-5-16-7-10-19(26-2)11-8-16/h7-12,14,18H,3-4,15H2,1-2H3. The van der Waals surface area contributed by atoms with Crippen LogP contribution < -0.4 is 9.64 Å². The van der Waals surface area contributed by atoms with Gasteiger partial charge < -0.3 is 9.64 Å². The molecule has 1 heterocycles. The predicted molar refractivity (Wildman–Crippen MR) is 101 cm³/mol. The topological polar surface area (TPSA) is 53.3 Å². The first kappa shape index (κ1) is 17.6. The minimum Gasteiger partial charge on any atom is -0.497 e. The smallest absolute Gasteiger partial charge is 0.167 e. The Balaban J connectivity index is 1.83. The van der Waals surface area contributed by atoms with Crippen LogP contribution in [-0.4, -0.2) is 26.0 Å². The second kappa shape index (κ2) is 7.76. The molecule has 1 unspecified atom stereocenters. The number of fused-ring (bicyclic) bond motifs is 1. The highest BCUT2D eigenvalue weighted by molar-refractivity contribution is 6.04.